The smallest absolute Gasteiger partial charge is 0.307 e. The summed E-state index contributed by atoms with van der Waals surface area (Å²) in [6.07, 6.45) is -0.394. The molecule has 2 heterocycles. The van der Waals surface area contributed by atoms with Gasteiger partial charge in [0.15, 0.2) is 5.78 Å². The van der Waals surface area contributed by atoms with Gasteiger partial charge in [-0.2, -0.15) is 0 Å². The van der Waals surface area contributed by atoms with Crippen LogP contribution in [0.2, 0.25) is 0 Å². The van der Waals surface area contributed by atoms with Crippen molar-refractivity contribution >= 4 is 11.8 Å². The molecule has 0 aromatic heterocycles. The molecule has 0 bridgehead atoms. The second-order valence-electron chi connectivity index (χ2n) is 12.4. The fourth-order valence-electron chi connectivity index (χ4n) is 6.44. The van der Waals surface area contributed by atoms with Gasteiger partial charge < -0.3 is 45.2 Å². The standard InChI is InChI=1S/C37H34O11/c1-17(2)3-4-19(37(45)46)11-25-27(41)14-29(43)34-30(44)16-31(48-36(25)34)24-13-26-32(15-28(24)42)47-35(18-5-7-21(38)8-6-18)33(26)20-9-22(39)12-23(40)10-20/h3,5-10,12-15,19,31,33,35,38-43H,4,11,16H2,1-2H3,(H,45,46)/t19?,31-,33+,35-/m0/s1. The van der Waals surface area contributed by atoms with E-state index >= 15 is 0 Å². The van der Waals surface area contributed by atoms with Crippen molar-refractivity contribution in [1.29, 1.82) is 0 Å². The Labute approximate surface area is 275 Å². The van der Waals surface area contributed by atoms with Crippen molar-refractivity contribution in [2.75, 3.05) is 0 Å². The summed E-state index contributed by atoms with van der Waals surface area (Å²) in [5.41, 5.74) is 2.64. The van der Waals surface area contributed by atoms with Gasteiger partial charge in [-0.3, -0.25) is 9.59 Å². The number of fused-ring (bicyclic) bond motifs is 2. The Morgan fingerprint density at radius 3 is 2.15 bits per heavy atom. The summed E-state index contributed by atoms with van der Waals surface area (Å²) in [5.74, 6) is -4.67. The molecule has 4 aromatic rings. The molecule has 11 nitrogen and oxygen atoms in total. The number of ether oxygens (including phenoxy) is 2. The number of aliphatic carboxylic acids is 1. The molecule has 248 valence electrons. The van der Waals surface area contributed by atoms with Crippen LogP contribution in [0.4, 0.5) is 0 Å². The molecule has 0 spiro atoms. The quantitative estimate of drug-likeness (QED) is 0.103. The SMILES string of the molecule is CC(C)=CCC(Cc1c(O)cc(O)c2c1O[C@H](c1cc3c(cc1O)O[C@@H](c1ccc(O)cc1)[C@@H]3c1cc(O)cc(O)c1)CC2=O)C(=O)O. The maximum atomic E-state index is 13.5. The van der Waals surface area contributed by atoms with Crippen LogP contribution < -0.4 is 9.47 Å². The van der Waals surface area contributed by atoms with Crippen molar-refractivity contribution in [3.63, 3.8) is 0 Å². The number of aromatic hydroxyl groups is 6. The lowest BCUT2D eigenvalue weighted by Gasteiger charge is -2.29. The number of rotatable bonds is 8. The summed E-state index contributed by atoms with van der Waals surface area (Å²) in [6, 6.07) is 14.5. The number of phenols is 6. The molecular weight excluding hydrogens is 620 g/mol. The average molecular weight is 655 g/mol. The van der Waals surface area contributed by atoms with E-state index < -0.39 is 47.3 Å². The number of carboxylic acid groups (broad SMARTS) is 1. The van der Waals surface area contributed by atoms with E-state index in [1.807, 2.05) is 13.8 Å². The summed E-state index contributed by atoms with van der Waals surface area (Å²) < 4.78 is 12.6. The number of carbonyl (C=O) groups is 2. The fraction of sp³-hybridized carbons (Fsp3) is 0.243. The van der Waals surface area contributed by atoms with E-state index in [1.165, 1.54) is 36.4 Å². The van der Waals surface area contributed by atoms with Gasteiger partial charge in [-0.05, 0) is 68.1 Å². The van der Waals surface area contributed by atoms with Crippen molar-refractivity contribution in [2.24, 2.45) is 5.92 Å². The van der Waals surface area contributed by atoms with Gasteiger partial charge in [0, 0.05) is 34.9 Å². The Bertz CT molecular complexity index is 1940. The normalized spacial score (nSPS) is 18.6. The predicted octanol–water partition coefficient (Wildman–Crippen LogP) is 6.49. The number of carboxylic acids is 1. The van der Waals surface area contributed by atoms with Crippen molar-refractivity contribution < 1.29 is 54.8 Å². The average Bonchev–Trinajstić information content (AvgIpc) is 3.37. The highest BCUT2D eigenvalue weighted by molar-refractivity contribution is 6.03. The lowest BCUT2D eigenvalue weighted by atomic mass is 9.83. The number of carbonyl (C=O) groups excluding carboxylic acids is 1. The molecule has 6 rings (SSSR count). The molecule has 2 aliphatic heterocycles. The minimum absolute atomic E-state index is 0.0416. The molecule has 7 N–H and O–H groups in total. The van der Waals surface area contributed by atoms with Crippen LogP contribution in [0.5, 0.6) is 46.0 Å². The van der Waals surface area contributed by atoms with Gasteiger partial charge in [-0.1, -0.05) is 23.8 Å². The number of Topliss-reactive ketones (excluding diaryl/α,β-unsaturated/α-hetero) is 1. The van der Waals surface area contributed by atoms with Gasteiger partial charge in [0.05, 0.1) is 18.3 Å². The molecule has 0 radical (unpaired) electrons. The highest BCUT2D eigenvalue weighted by Gasteiger charge is 2.41. The third-order valence-corrected chi connectivity index (χ3v) is 8.76. The first kappa shape index (κ1) is 32.1. The summed E-state index contributed by atoms with van der Waals surface area (Å²) in [5, 5.41) is 73.2. The van der Waals surface area contributed by atoms with Crippen LogP contribution in [-0.2, 0) is 11.2 Å². The first-order valence-corrected chi connectivity index (χ1v) is 15.3. The molecule has 4 aromatic carbocycles. The Kier molecular flexibility index (Phi) is 8.30. The Morgan fingerprint density at radius 2 is 1.50 bits per heavy atom. The van der Waals surface area contributed by atoms with Crippen LogP contribution in [0, 0.1) is 5.92 Å². The van der Waals surface area contributed by atoms with E-state index in [1.54, 1.807) is 24.3 Å². The molecule has 0 saturated heterocycles. The van der Waals surface area contributed by atoms with E-state index in [-0.39, 0.29) is 64.7 Å². The van der Waals surface area contributed by atoms with E-state index in [9.17, 15) is 45.3 Å². The highest BCUT2D eigenvalue weighted by atomic mass is 16.5. The number of benzene rings is 4. The van der Waals surface area contributed by atoms with E-state index in [4.69, 9.17) is 9.47 Å². The van der Waals surface area contributed by atoms with Crippen molar-refractivity contribution in [1.82, 2.24) is 0 Å². The van der Waals surface area contributed by atoms with Crippen LogP contribution in [0.25, 0.3) is 0 Å². The number of hydrogen-bond acceptors (Lipinski definition) is 10. The summed E-state index contributed by atoms with van der Waals surface area (Å²) in [6.45, 7) is 3.67. The van der Waals surface area contributed by atoms with E-state index in [0.29, 0.717) is 22.4 Å². The number of allylic oxidation sites excluding steroid dienone is 2. The second-order valence-corrected chi connectivity index (χ2v) is 12.4. The molecule has 1 unspecified atom stereocenters. The molecule has 0 saturated carbocycles. The third kappa shape index (κ3) is 6.02. The molecule has 4 atom stereocenters. The van der Waals surface area contributed by atoms with Gasteiger partial charge >= 0.3 is 5.97 Å². The molecular formula is C37H34O11. The Morgan fingerprint density at radius 1 is 0.812 bits per heavy atom. The van der Waals surface area contributed by atoms with Crippen LogP contribution in [0.15, 0.2) is 72.3 Å². The van der Waals surface area contributed by atoms with Crippen molar-refractivity contribution in [3.8, 4) is 46.0 Å². The van der Waals surface area contributed by atoms with Gasteiger partial charge in [0.1, 0.15) is 63.8 Å². The molecule has 48 heavy (non-hydrogen) atoms. The highest BCUT2D eigenvalue weighted by Crippen LogP contribution is 2.54. The summed E-state index contributed by atoms with van der Waals surface area (Å²) >= 11 is 0. The summed E-state index contributed by atoms with van der Waals surface area (Å²) in [4.78, 5) is 25.7. The monoisotopic (exact) mass is 654 g/mol. The largest absolute Gasteiger partial charge is 0.508 e. The van der Waals surface area contributed by atoms with Crippen LogP contribution >= 0.6 is 0 Å². The maximum absolute atomic E-state index is 13.5. The van der Waals surface area contributed by atoms with Gasteiger partial charge in [0.2, 0.25) is 0 Å². The first-order valence-electron chi connectivity index (χ1n) is 15.3. The van der Waals surface area contributed by atoms with Crippen LogP contribution in [-0.4, -0.2) is 47.5 Å². The molecule has 0 aliphatic carbocycles. The third-order valence-electron chi connectivity index (χ3n) is 8.76. The molecule has 0 fully saturated rings. The van der Waals surface area contributed by atoms with E-state index in [0.717, 1.165) is 11.6 Å². The summed E-state index contributed by atoms with van der Waals surface area (Å²) in [7, 11) is 0. The van der Waals surface area contributed by atoms with E-state index in [2.05, 4.69) is 0 Å². The first-order chi connectivity index (χ1) is 22.8. The van der Waals surface area contributed by atoms with Crippen molar-refractivity contribution in [3.05, 3.63) is 106 Å². The lowest BCUT2D eigenvalue weighted by Crippen LogP contribution is -2.23. The zero-order valence-corrected chi connectivity index (χ0v) is 26.0. The minimum atomic E-state index is -1.11. The molecule has 11 heteroatoms. The van der Waals surface area contributed by atoms with Gasteiger partial charge in [-0.15, -0.1) is 0 Å². The zero-order valence-electron chi connectivity index (χ0n) is 26.0. The second kappa shape index (κ2) is 12.4. The Balaban J connectivity index is 1.44. The zero-order chi connectivity index (χ0) is 34.4. The van der Waals surface area contributed by atoms with Gasteiger partial charge in [0.25, 0.3) is 0 Å². The minimum Gasteiger partial charge on any atom is -0.508 e. The maximum Gasteiger partial charge on any atom is 0.307 e. The number of hydrogen-bond donors (Lipinski definition) is 7. The molecule has 2 aliphatic rings. The topological polar surface area (TPSA) is 194 Å². The number of ketones is 1. The van der Waals surface area contributed by atoms with Crippen molar-refractivity contribution in [2.45, 2.75) is 51.2 Å². The predicted molar refractivity (Wildman–Crippen MR) is 172 cm³/mol. The molecule has 0 amide bonds. The fourth-order valence-corrected chi connectivity index (χ4v) is 6.44. The Hall–Kier alpha value is -5.84. The van der Waals surface area contributed by atoms with Crippen LogP contribution in [0.3, 0.4) is 0 Å². The van der Waals surface area contributed by atoms with Crippen LogP contribution in [0.1, 0.15) is 83.0 Å². The van der Waals surface area contributed by atoms with Gasteiger partial charge in [-0.25, -0.2) is 0 Å². The lowest BCUT2D eigenvalue weighted by molar-refractivity contribution is -0.141. The number of phenolic OH excluding ortho intramolecular Hbond substituents is 6.